The lowest BCUT2D eigenvalue weighted by Gasteiger charge is -2.41. The number of anilines is 1. The Morgan fingerprint density at radius 1 is 1.06 bits per heavy atom. The molecule has 2 amide bonds. The zero-order chi connectivity index (χ0) is 22.9. The maximum absolute atomic E-state index is 13.2. The first kappa shape index (κ1) is 20.6. The lowest BCUT2D eigenvalue weighted by atomic mass is 9.96. The third-order valence-electron chi connectivity index (χ3n) is 5.93. The van der Waals surface area contributed by atoms with Gasteiger partial charge in [-0.2, -0.15) is 5.26 Å². The number of amides is 2. The van der Waals surface area contributed by atoms with Crippen LogP contribution < -0.4 is 9.64 Å². The second-order valence-electron chi connectivity index (χ2n) is 7.98. The van der Waals surface area contributed by atoms with Gasteiger partial charge in [0.2, 0.25) is 5.91 Å². The van der Waals surface area contributed by atoms with E-state index < -0.39 is 5.82 Å². The van der Waals surface area contributed by atoms with Crippen molar-refractivity contribution in [3.05, 3.63) is 77.9 Å². The minimum Gasteiger partial charge on any atom is -0.489 e. The Bertz CT molecular complexity index is 1260. The zero-order valence-corrected chi connectivity index (χ0v) is 17.6. The largest absolute Gasteiger partial charge is 0.489 e. The van der Waals surface area contributed by atoms with Crippen LogP contribution in [-0.4, -0.2) is 47.9 Å². The molecule has 0 aliphatic carbocycles. The Hall–Kier alpha value is -4.25. The predicted molar refractivity (Wildman–Crippen MR) is 118 cm³/mol. The van der Waals surface area contributed by atoms with Gasteiger partial charge in [0.15, 0.2) is 5.75 Å². The molecule has 0 unspecified atom stereocenters. The summed E-state index contributed by atoms with van der Waals surface area (Å²) in [4.78, 5) is 33.4. The molecule has 2 aliphatic heterocycles. The number of halogens is 1. The van der Waals surface area contributed by atoms with Crippen molar-refractivity contribution in [2.45, 2.75) is 0 Å². The predicted octanol–water partition coefficient (Wildman–Crippen LogP) is 3.26. The average molecular weight is 442 g/mol. The molecular formula is C25H19FN4O3. The third kappa shape index (κ3) is 3.78. The van der Waals surface area contributed by atoms with Crippen LogP contribution >= 0.6 is 0 Å². The topological polar surface area (TPSA) is 86.5 Å². The molecule has 0 spiro atoms. The van der Waals surface area contributed by atoms with E-state index >= 15 is 0 Å². The van der Waals surface area contributed by atoms with Gasteiger partial charge in [-0.15, -0.1) is 0 Å². The van der Waals surface area contributed by atoms with Crippen molar-refractivity contribution in [2.75, 3.05) is 31.1 Å². The van der Waals surface area contributed by atoms with Gasteiger partial charge in [-0.1, -0.05) is 12.1 Å². The van der Waals surface area contributed by atoms with Crippen LogP contribution in [-0.2, 0) is 4.79 Å². The number of likely N-dealkylation sites (tertiary alicyclic amines) is 1. The van der Waals surface area contributed by atoms with Crippen LogP contribution in [0.5, 0.6) is 5.75 Å². The Kier molecular flexibility index (Phi) is 5.23. The van der Waals surface area contributed by atoms with Crippen molar-refractivity contribution in [3.63, 3.8) is 0 Å². The third-order valence-corrected chi connectivity index (χ3v) is 5.93. The number of carbonyl (C=O) groups excluding carboxylic acids is 2. The highest BCUT2D eigenvalue weighted by molar-refractivity contribution is 6.01. The summed E-state index contributed by atoms with van der Waals surface area (Å²) in [7, 11) is 0. The number of ether oxygens (including phenoxy) is 1. The van der Waals surface area contributed by atoms with E-state index in [4.69, 9.17) is 10.00 Å². The monoisotopic (exact) mass is 442 g/mol. The van der Waals surface area contributed by atoms with Gasteiger partial charge < -0.3 is 14.5 Å². The summed E-state index contributed by atoms with van der Waals surface area (Å²) in [5.41, 5.74) is 3.13. The van der Waals surface area contributed by atoms with Gasteiger partial charge in [0.05, 0.1) is 30.3 Å². The molecule has 0 atom stereocenters. The Labute approximate surface area is 189 Å². The molecule has 0 bridgehead atoms. The summed E-state index contributed by atoms with van der Waals surface area (Å²) in [6.45, 7) is 1.36. The van der Waals surface area contributed by atoms with Crippen LogP contribution in [0, 0.1) is 23.1 Å². The number of benzene rings is 2. The van der Waals surface area contributed by atoms with E-state index in [0.29, 0.717) is 48.8 Å². The quantitative estimate of drug-likeness (QED) is 0.622. The SMILES string of the molecule is N#Cc1ccc(-c2cncc3c2OCCN3C(=O)C2CN(C(=O)c3ccc(F)cc3)C2)cc1. The van der Waals surface area contributed by atoms with E-state index in [-0.39, 0.29) is 17.7 Å². The Morgan fingerprint density at radius 2 is 1.79 bits per heavy atom. The standard InChI is InChI=1S/C25H19FN4O3/c26-20-7-5-18(6-8-20)24(31)29-14-19(15-29)25(32)30-9-10-33-23-21(12-28-13-22(23)30)17-3-1-16(11-27)2-4-17/h1-8,12-13,19H,9-10,14-15H2. The zero-order valence-electron chi connectivity index (χ0n) is 17.6. The molecule has 0 saturated carbocycles. The number of nitrogens with zero attached hydrogens (tertiary/aromatic N) is 4. The van der Waals surface area contributed by atoms with E-state index in [2.05, 4.69) is 11.1 Å². The smallest absolute Gasteiger partial charge is 0.253 e. The molecule has 33 heavy (non-hydrogen) atoms. The summed E-state index contributed by atoms with van der Waals surface area (Å²) < 4.78 is 19.0. The van der Waals surface area contributed by atoms with Gasteiger partial charge in [0.25, 0.3) is 5.91 Å². The van der Waals surface area contributed by atoms with Gasteiger partial charge in [-0.05, 0) is 42.0 Å². The number of pyridine rings is 1. The lowest BCUT2D eigenvalue weighted by Crippen LogP contribution is -2.57. The van der Waals surface area contributed by atoms with Crippen LogP contribution in [0.1, 0.15) is 15.9 Å². The minimum atomic E-state index is -0.400. The van der Waals surface area contributed by atoms with Crippen molar-refractivity contribution in [3.8, 4) is 22.9 Å². The molecule has 8 heteroatoms. The Morgan fingerprint density at radius 3 is 2.48 bits per heavy atom. The highest BCUT2D eigenvalue weighted by Gasteiger charge is 2.40. The number of rotatable bonds is 3. The lowest BCUT2D eigenvalue weighted by molar-refractivity contribution is -0.126. The van der Waals surface area contributed by atoms with Crippen LogP contribution in [0.2, 0.25) is 0 Å². The van der Waals surface area contributed by atoms with Crippen molar-refractivity contribution in [2.24, 2.45) is 5.92 Å². The molecule has 1 aromatic heterocycles. The van der Waals surface area contributed by atoms with Crippen LogP contribution in [0.3, 0.4) is 0 Å². The Balaban J connectivity index is 1.33. The van der Waals surface area contributed by atoms with Gasteiger partial charge >= 0.3 is 0 Å². The van der Waals surface area contributed by atoms with Gasteiger partial charge in [0, 0.05) is 30.4 Å². The summed E-state index contributed by atoms with van der Waals surface area (Å²) in [5, 5.41) is 9.03. The summed E-state index contributed by atoms with van der Waals surface area (Å²) in [5.74, 6) is -0.442. The molecule has 164 valence electrons. The van der Waals surface area contributed by atoms with Crippen molar-refractivity contribution < 1.29 is 18.7 Å². The first-order valence-corrected chi connectivity index (χ1v) is 10.5. The fourth-order valence-corrected chi connectivity index (χ4v) is 4.10. The molecule has 3 heterocycles. The second-order valence-corrected chi connectivity index (χ2v) is 7.98. The molecule has 1 saturated heterocycles. The fraction of sp³-hybridized carbons (Fsp3) is 0.200. The number of fused-ring (bicyclic) bond motifs is 1. The second kappa shape index (κ2) is 8.36. The number of hydrogen-bond donors (Lipinski definition) is 0. The number of aromatic nitrogens is 1. The number of nitriles is 1. The average Bonchev–Trinajstić information content (AvgIpc) is 2.82. The van der Waals surface area contributed by atoms with Gasteiger partial charge in [-0.3, -0.25) is 14.6 Å². The first-order chi connectivity index (χ1) is 16.0. The maximum atomic E-state index is 13.2. The molecule has 5 rings (SSSR count). The summed E-state index contributed by atoms with van der Waals surface area (Å²) in [6, 6.07) is 14.6. The molecule has 0 N–H and O–H groups in total. The van der Waals surface area contributed by atoms with Crippen molar-refractivity contribution in [1.29, 1.82) is 5.26 Å². The molecule has 1 fully saturated rings. The number of hydrogen-bond acceptors (Lipinski definition) is 5. The highest BCUT2D eigenvalue weighted by Crippen LogP contribution is 2.40. The van der Waals surface area contributed by atoms with E-state index in [1.807, 2.05) is 12.1 Å². The summed E-state index contributed by atoms with van der Waals surface area (Å²) >= 11 is 0. The van der Waals surface area contributed by atoms with E-state index in [1.165, 1.54) is 24.3 Å². The van der Waals surface area contributed by atoms with E-state index in [1.54, 1.807) is 34.3 Å². The minimum absolute atomic E-state index is 0.0820. The first-order valence-electron chi connectivity index (χ1n) is 10.5. The molecular weight excluding hydrogens is 423 g/mol. The van der Waals surface area contributed by atoms with Crippen molar-refractivity contribution in [1.82, 2.24) is 9.88 Å². The molecule has 3 aromatic rings. The summed E-state index contributed by atoms with van der Waals surface area (Å²) in [6.07, 6.45) is 3.29. The molecule has 0 radical (unpaired) electrons. The normalized spacial score (nSPS) is 15.2. The molecule has 7 nitrogen and oxygen atoms in total. The van der Waals surface area contributed by atoms with Gasteiger partial charge in [-0.25, -0.2) is 4.39 Å². The van der Waals surface area contributed by atoms with E-state index in [0.717, 1.165) is 11.1 Å². The van der Waals surface area contributed by atoms with Crippen LogP contribution in [0.25, 0.3) is 11.1 Å². The van der Waals surface area contributed by atoms with E-state index in [9.17, 15) is 14.0 Å². The fourth-order valence-electron chi connectivity index (χ4n) is 4.10. The molecule has 2 aliphatic rings. The van der Waals surface area contributed by atoms with Gasteiger partial charge in [0.1, 0.15) is 18.1 Å². The van der Waals surface area contributed by atoms with Crippen LogP contribution in [0.15, 0.2) is 60.9 Å². The highest BCUT2D eigenvalue weighted by atomic mass is 19.1. The van der Waals surface area contributed by atoms with Crippen LogP contribution in [0.4, 0.5) is 10.1 Å². The maximum Gasteiger partial charge on any atom is 0.253 e. The number of carbonyl (C=O) groups is 2. The van der Waals surface area contributed by atoms with Crippen molar-refractivity contribution >= 4 is 17.5 Å². The molecule has 2 aromatic carbocycles.